The van der Waals surface area contributed by atoms with Crippen LogP contribution in [0.3, 0.4) is 0 Å². The van der Waals surface area contributed by atoms with E-state index < -0.39 is 0 Å². The van der Waals surface area contributed by atoms with E-state index in [2.05, 4.69) is 48.6 Å². The highest BCUT2D eigenvalue weighted by atomic mass is 15.5. The van der Waals surface area contributed by atoms with Crippen LogP contribution in [0.1, 0.15) is 17.7 Å². The average molecular weight is 320 g/mol. The summed E-state index contributed by atoms with van der Waals surface area (Å²) in [6.45, 7) is 2.28. The van der Waals surface area contributed by atoms with Gasteiger partial charge in [-0.15, -0.1) is 5.10 Å². The first-order valence-corrected chi connectivity index (χ1v) is 7.84. The van der Waals surface area contributed by atoms with Crippen molar-refractivity contribution in [2.75, 3.05) is 11.4 Å². The molecule has 0 saturated carbocycles. The summed E-state index contributed by atoms with van der Waals surface area (Å²) >= 11 is 0. The maximum atomic E-state index is 8.76. The van der Waals surface area contributed by atoms with E-state index in [4.69, 9.17) is 5.26 Å². The van der Waals surface area contributed by atoms with E-state index >= 15 is 0 Å². The Morgan fingerprint density at radius 3 is 3.12 bits per heavy atom. The third-order valence-corrected chi connectivity index (χ3v) is 4.22. The molecule has 0 atom stereocenters. The van der Waals surface area contributed by atoms with Crippen LogP contribution < -0.4 is 4.90 Å². The first-order chi connectivity index (χ1) is 11.8. The highest BCUT2D eigenvalue weighted by molar-refractivity contribution is 5.68. The van der Waals surface area contributed by atoms with Gasteiger partial charge < -0.3 is 9.88 Å². The number of imidazole rings is 1. The Hall–Kier alpha value is -3.21. The van der Waals surface area contributed by atoms with Crippen LogP contribution in [0.4, 0.5) is 5.69 Å². The molecule has 8 nitrogen and oxygen atoms in total. The van der Waals surface area contributed by atoms with Gasteiger partial charge in [-0.3, -0.25) is 0 Å². The van der Waals surface area contributed by atoms with Crippen molar-refractivity contribution < 1.29 is 0 Å². The van der Waals surface area contributed by atoms with E-state index in [0.717, 1.165) is 30.8 Å². The van der Waals surface area contributed by atoms with Crippen molar-refractivity contribution in [2.45, 2.75) is 25.9 Å². The van der Waals surface area contributed by atoms with Gasteiger partial charge in [-0.1, -0.05) is 12.1 Å². The lowest BCUT2D eigenvalue weighted by molar-refractivity contribution is 0.604. The number of aromatic nitrogens is 6. The number of tetrazole rings is 1. The summed E-state index contributed by atoms with van der Waals surface area (Å²) in [7, 11) is 0. The highest BCUT2D eigenvalue weighted by Crippen LogP contribution is 2.32. The maximum absolute atomic E-state index is 8.76. The normalized spacial score (nSPS) is 13.0. The van der Waals surface area contributed by atoms with Crippen LogP contribution in [0.15, 0.2) is 30.7 Å². The molecule has 3 aromatic rings. The average Bonchev–Trinajstić information content (AvgIpc) is 3.34. The Morgan fingerprint density at radius 1 is 1.33 bits per heavy atom. The summed E-state index contributed by atoms with van der Waals surface area (Å²) in [5.74, 6) is 0.696. The number of rotatable bonds is 5. The monoisotopic (exact) mass is 320 g/mol. The zero-order valence-corrected chi connectivity index (χ0v) is 13.1. The Bertz CT molecular complexity index is 874. The van der Waals surface area contributed by atoms with Crippen LogP contribution in [0.25, 0.3) is 11.4 Å². The molecule has 0 amide bonds. The summed E-state index contributed by atoms with van der Waals surface area (Å²) in [5, 5.41) is 20.6. The minimum Gasteiger partial charge on any atom is -0.365 e. The second-order valence-electron chi connectivity index (χ2n) is 5.73. The smallest absolute Gasteiger partial charge is 0.182 e. The molecule has 3 heterocycles. The van der Waals surface area contributed by atoms with Gasteiger partial charge in [-0.05, 0) is 28.5 Å². The quantitative estimate of drug-likeness (QED) is 0.765. The van der Waals surface area contributed by atoms with E-state index in [1.54, 1.807) is 11.0 Å². The predicted octanol–water partition coefficient (Wildman–Crippen LogP) is 1.54. The summed E-state index contributed by atoms with van der Waals surface area (Å²) in [5.41, 5.74) is 4.59. The summed E-state index contributed by atoms with van der Waals surface area (Å²) < 4.78 is 1.68. The van der Waals surface area contributed by atoms with E-state index in [1.165, 1.54) is 11.3 Å². The number of hydrogen-bond acceptors (Lipinski definition) is 6. The second-order valence-corrected chi connectivity index (χ2v) is 5.73. The van der Waals surface area contributed by atoms with Crippen molar-refractivity contribution >= 4 is 5.69 Å². The minimum atomic E-state index is 0.384. The molecular weight excluding hydrogens is 304 g/mol. The number of fused-ring (bicyclic) bond motifs is 1. The minimum absolute atomic E-state index is 0.384. The number of nitriles is 1. The summed E-state index contributed by atoms with van der Waals surface area (Å²) in [4.78, 5) is 9.56. The van der Waals surface area contributed by atoms with E-state index in [-0.39, 0.29) is 0 Å². The molecule has 0 fully saturated rings. The molecule has 0 bridgehead atoms. The van der Waals surface area contributed by atoms with Gasteiger partial charge in [0.15, 0.2) is 5.82 Å². The van der Waals surface area contributed by atoms with Gasteiger partial charge in [-0.2, -0.15) is 5.26 Å². The van der Waals surface area contributed by atoms with Gasteiger partial charge >= 0.3 is 0 Å². The zero-order valence-electron chi connectivity index (χ0n) is 13.1. The van der Waals surface area contributed by atoms with E-state index in [0.29, 0.717) is 18.8 Å². The highest BCUT2D eigenvalue weighted by Gasteiger charge is 2.21. The Kier molecular flexibility index (Phi) is 3.67. The molecule has 4 rings (SSSR count). The predicted molar refractivity (Wildman–Crippen MR) is 86.8 cm³/mol. The van der Waals surface area contributed by atoms with Gasteiger partial charge in [0, 0.05) is 24.0 Å². The molecule has 8 heteroatoms. The Morgan fingerprint density at radius 2 is 2.29 bits per heavy atom. The topological polar surface area (TPSA) is 99.3 Å². The van der Waals surface area contributed by atoms with Crippen molar-refractivity contribution in [2.24, 2.45) is 0 Å². The largest absolute Gasteiger partial charge is 0.365 e. The number of aryl methyl sites for hydroxylation is 1. The van der Waals surface area contributed by atoms with Crippen molar-refractivity contribution in [1.29, 1.82) is 5.26 Å². The Balaban J connectivity index is 1.64. The molecular formula is C16H16N8. The molecule has 1 aliphatic heterocycles. The van der Waals surface area contributed by atoms with Crippen LogP contribution in [0.5, 0.6) is 0 Å². The maximum Gasteiger partial charge on any atom is 0.182 e. The van der Waals surface area contributed by atoms with Gasteiger partial charge in [0.05, 0.1) is 37.6 Å². The van der Waals surface area contributed by atoms with E-state index in [1.807, 2.05) is 12.3 Å². The third kappa shape index (κ3) is 2.60. The fourth-order valence-electron chi connectivity index (χ4n) is 3.04. The van der Waals surface area contributed by atoms with Crippen molar-refractivity contribution in [3.05, 3.63) is 42.0 Å². The molecule has 1 N–H and O–H groups in total. The number of benzene rings is 1. The van der Waals surface area contributed by atoms with E-state index in [9.17, 15) is 0 Å². The fraction of sp³-hybridized carbons (Fsp3) is 0.312. The SMILES string of the molecule is N#CCCn1nnnc1-c1ccc2c(c1)N(Cc1cnc[nH]1)CC2. The van der Waals surface area contributed by atoms with Gasteiger partial charge in [-0.25, -0.2) is 9.67 Å². The van der Waals surface area contributed by atoms with Crippen molar-refractivity contribution in [3.8, 4) is 17.5 Å². The number of hydrogen-bond donors (Lipinski definition) is 1. The standard InChI is InChI=1S/C16H16N8/c17-5-1-6-24-16(20-21-22-24)13-3-2-12-4-7-23(15(12)8-13)10-14-9-18-11-19-14/h2-3,8-9,11H,1,4,6-7,10H2,(H,18,19). The van der Waals surface area contributed by atoms with Crippen LogP contribution in [0, 0.1) is 11.3 Å². The lowest BCUT2D eigenvalue weighted by Gasteiger charge is -2.19. The summed E-state index contributed by atoms with van der Waals surface area (Å²) in [6, 6.07) is 8.44. The zero-order chi connectivity index (χ0) is 16.4. The molecule has 0 spiro atoms. The van der Waals surface area contributed by atoms with Crippen LogP contribution in [-0.4, -0.2) is 36.7 Å². The molecule has 0 saturated heterocycles. The molecule has 0 aliphatic carbocycles. The molecule has 0 radical (unpaired) electrons. The van der Waals surface area contributed by atoms with Crippen molar-refractivity contribution in [1.82, 2.24) is 30.2 Å². The molecule has 0 unspecified atom stereocenters. The van der Waals surface area contributed by atoms with Crippen LogP contribution >= 0.6 is 0 Å². The lowest BCUT2D eigenvalue weighted by atomic mass is 10.1. The molecule has 1 aliphatic rings. The number of nitrogens with one attached hydrogen (secondary N) is 1. The lowest BCUT2D eigenvalue weighted by Crippen LogP contribution is -2.19. The number of anilines is 1. The first kappa shape index (κ1) is 14.4. The molecule has 1 aromatic carbocycles. The number of H-pyrrole nitrogens is 1. The Labute approximate surface area is 138 Å². The summed E-state index contributed by atoms with van der Waals surface area (Å²) in [6.07, 6.45) is 4.97. The second kappa shape index (κ2) is 6.12. The fourth-order valence-corrected chi connectivity index (χ4v) is 3.04. The molecule has 24 heavy (non-hydrogen) atoms. The number of nitrogens with zero attached hydrogens (tertiary/aromatic N) is 7. The van der Waals surface area contributed by atoms with Crippen LogP contribution in [0.2, 0.25) is 0 Å². The first-order valence-electron chi connectivity index (χ1n) is 7.84. The van der Waals surface area contributed by atoms with Gasteiger partial charge in [0.25, 0.3) is 0 Å². The number of aromatic amines is 1. The molecule has 2 aromatic heterocycles. The third-order valence-electron chi connectivity index (χ3n) is 4.22. The molecule has 120 valence electrons. The van der Waals surface area contributed by atoms with Gasteiger partial charge in [0.1, 0.15) is 0 Å². The van der Waals surface area contributed by atoms with Crippen LogP contribution in [-0.2, 0) is 19.5 Å². The van der Waals surface area contributed by atoms with Gasteiger partial charge in [0.2, 0.25) is 0 Å². The van der Waals surface area contributed by atoms with Crippen molar-refractivity contribution in [3.63, 3.8) is 0 Å².